The lowest BCUT2D eigenvalue weighted by atomic mass is 9.99. The van der Waals surface area contributed by atoms with E-state index in [2.05, 4.69) is 61.9 Å². The van der Waals surface area contributed by atoms with Gasteiger partial charge in [0.2, 0.25) is 0 Å². The van der Waals surface area contributed by atoms with Gasteiger partial charge in [-0.15, -0.1) is 0 Å². The minimum Gasteiger partial charge on any atom is -0.348 e. The maximum atomic E-state index is 2.31. The summed E-state index contributed by atoms with van der Waals surface area (Å²) in [5.74, 6) is 0. The molecule has 1 heterocycles. The van der Waals surface area contributed by atoms with Gasteiger partial charge in [0.15, 0.2) is 0 Å². The van der Waals surface area contributed by atoms with Gasteiger partial charge >= 0.3 is 0 Å². The topological polar surface area (TPSA) is 4.93 Å². The van der Waals surface area contributed by atoms with Crippen molar-refractivity contribution in [2.24, 2.45) is 7.05 Å². The molecule has 1 aromatic carbocycles. The van der Waals surface area contributed by atoms with Crippen molar-refractivity contribution < 1.29 is 0 Å². The second-order valence-electron chi connectivity index (χ2n) is 4.92. The molecule has 3 rings (SSSR count). The zero-order chi connectivity index (χ0) is 12.0. The molecular weight excluding hydrogens is 206 g/mol. The van der Waals surface area contributed by atoms with Gasteiger partial charge < -0.3 is 4.57 Å². The third kappa shape index (κ3) is 1.46. The lowest BCUT2D eigenvalue weighted by molar-refractivity contribution is 0.871. The molecule has 0 unspecified atom stereocenters. The van der Waals surface area contributed by atoms with E-state index >= 15 is 0 Å². The van der Waals surface area contributed by atoms with Gasteiger partial charge in [0.1, 0.15) is 0 Å². The summed E-state index contributed by atoms with van der Waals surface area (Å²) < 4.78 is 2.31. The predicted molar refractivity (Wildman–Crippen MR) is 72.9 cm³/mol. The molecule has 0 fully saturated rings. The predicted octanol–water partition coefficient (Wildman–Crippen LogP) is 3.96. The van der Waals surface area contributed by atoms with Crippen molar-refractivity contribution in [1.29, 1.82) is 0 Å². The summed E-state index contributed by atoms with van der Waals surface area (Å²) >= 11 is 0. The summed E-state index contributed by atoms with van der Waals surface area (Å²) in [4.78, 5) is 0. The van der Waals surface area contributed by atoms with Crippen LogP contribution in [-0.2, 0) is 13.5 Å². The van der Waals surface area contributed by atoms with E-state index in [-0.39, 0.29) is 0 Å². The molecule has 1 aliphatic rings. The zero-order valence-electron chi connectivity index (χ0n) is 10.6. The quantitative estimate of drug-likeness (QED) is 0.689. The molecule has 0 aliphatic heterocycles. The first kappa shape index (κ1) is 10.4. The summed E-state index contributed by atoms with van der Waals surface area (Å²) in [6.45, 7) is 4.42. The highest BCUT2D eigenvalue weighted by Gasteiger charge is 2.22. The van der Waals surface area contributed by atoms with Crippen LogP contribution in [0.5, 0.6) is 0 Å². The fourth-order valence-corrected chi connectivity index (χ4v) is 2.81. The SMILES string of the molecule is CC1=Cc2c(c(-c3ccccc3)c(C)n2C)C1. The third-order valence-electron chi connectivity index (χ3n) is 3.74. The van der Waals surface area contributed by atoms with E-state index in [4.69, 9.17) is 0 Å². The average molecular weight is 223 g/mol. The normalized spacial score (nSPS) is 13.7. The molecule has 1 nitrogen and oxygen atoms in total. The fraction of sp³-hybridized carbons (Fsp3) is 0.250. The van der Waals surface area contributed by atoms with E-state index in [1.54, 1.807) is 0 Å². The minimum absolute atomic E-state index is 1.10. The largest absolute Gasteiger partial charge is 0.348 e. The standard InChI is InChI=1S/C16H17N/c1-11-9-14-15(10-11)17(3)12(2)16(14)13-7-5-4-6-8-13/h4-8,10H,9H2,1-3H3. The second-order valence-corrected chi connectivity index (χ2v) is 4.92. The van der Waals surface area contributed by atoms with Crippen molar-refractivity contribution in [3.8, 4) is 11.1 Å². The van der Waals surface area contributed by atoms with Gasteiger partial charge in [0, 0.05) is 24.0 Å². The molecule has 2 aromatic rings. The zero-order valence-corrected chi connectivity index (χ0v) is 10.6. The lowest BCUT2D eigenvalue weighted by Crippen LogP contribution is -1.93. The Balaban J connectivity index is 2.25. The first-order chi connectivity index (χ1) is 8.18. The number of rotatable bonds is 1. The lowest BCUT2D eigenvalue weighted by Gasteiger charge is -2.05. The molecule has 0 saturated carbocycles. The number of benzene rings is 1. The molecule has 1 aromatic heterocycles. The van der Waals surface area contributed by atoms with E-state index in [0.717, 1.165) is 6.42 Å². The average Bonchev–Trinajstić information content (AvgIpc) is 2.80. The van der Waals surface area contributed by atoms with Crippen LogP contribution in [0.25, 0.3) is 17.2 Å². The summed E-state index contributed by atoms with van der Waals surface area (Å²) in [6, 6.07) is 10.7. The highest BCUT2D eigenvalue weighted by molar-refractivity contribution is 5.79. The van der Waals surface area contributed by atoms with Gasteiger partial charge in [-0.25, -0.2) is 0 Å². The molecule has 86 valence electrons. The van der Waals surface area contributed by atoms with E-state index in [9.17, 15) is 0 Å². The number of fused-ring (bicyclic) bond motifs is 1. The van der Waals surface area contributed by atoms with Crippen molar-refractivity contribution in [3.63, 3.8) is 0 Å². The van der Waals surface area contributed by atoms with Crippen molar-refractivity contribution in [1.82, 2.24) is 4.57 Å². The highest BCUT2D eigenvalue weighted by Crippen LogP contribution is 2.37. The molecule has 0 bridgehead atoms. The molecule has 0 saturated heterocycles. The molecule has 0 radical (unpaired) electrons. The number of nitrogens with zero attached hydrogens (tertiary/aromatic N) is 1. The number of hydrogen-bond acceptors (Lipinski definition) is 0. The maximum Gasteiger partial charge on any atom is 0.0448 e. The van der Waals surface area contributed by atoms with Crippen LogP contribution in [0.15, 0.2) is 35.9 Å². The summed E-state index contributed by atoms with van der Waals surface area (Å²) in [6.07, 6.45) is 3.41. The van der Waals surface area contributed by atoms with Crippen LogP contribution in [0.3, 0.4) is 0 Å². The van der Waals surface area contributed by atoms with Crippen LogP contribution >= 0.6 is 0 Å². The van der Waals surface area contributed by atoms with Crippen LogP contribution in [-0.4, -0.2) is 4.57 Å². The van der Waals surface area contributed by atoms with E-state index in [0.29, 0.717) is 0 Å². The van der Waals surface area contributed by atoms with Gasteiger partial charge in [-0.3, -0.25) is 0 Å². The van der Waals surface area contributed by atoms with Crippen LogP contribution in [0.1, 0.15) is 23.9 Å². The number of aromatic nitrogens is 1. The van der Waals surface area contributed by atoms with Crippen molar-refractivity contribution in [3.05, 3.63) is 52.9 Å². The molecular formula is C16H17N. The Labute approximate surface area is 102 Å². The Hall–Kier alpha value is -1.76. The summed E-state index contributed by atoms with van der Waals surface area (Å²) in [5, 5.41) is 0. The monoisotopic (exact) mass is 223 g/mol. The van der Waals surface area contributed by atoms with Crippen molar-refractivity contribution >= 4 is 6.08 Å². The maximum absolute atomic E-state index is 2.31. The fourth-order valence-electron chi connectivity index (χ4n) is 2.81. The number of allylic oxidation sites excluding steroid dienone is 1. The van der Waals surface area contributed by atoms with Gasteiger partial charge in [-0.2, -0.15) is 0 Å². The smallest absolute Gasteiger partial charge is 0.0448 e. The van der Waals surface area contributed by atoms with Gasteiger partial charge in [0.25, 0.3) is 0 Å². The van der Waals surface area contributed by atoms with Gasteiger partial charge in [-0.1, -0.05) is 35.9 Å². The molecule has 0 amide bonds. The molecule has 1 heteroatoms. The molecule has 0 N–H and O–H groups in total. The Kier molecular flexibility index (Phi) is 2.22. The van der Waals surface area contributed by atoms with Crippen LogP contribution in [0.4, 0.5) is 0 Å². The molecule has 17 heavy (non-hydrogen) atoms. The first-order valence-electron chi connectivity index (χ1n) is 6.09. The summed E-state index contributed by atoms with van der Waals surface area (Å²) in [7, 11) is 2.16. The Morgan fingerprint density at radius 1 is 1.06 bits per heavy atom. The summed E-state index contributed by atoms with van der Waals surface area (Å²) in [5.41, 5.74) is 8.47. The number of hydrogen-bond donors (Lipinski definition) is 0. The van der Waals surface area contributed by atoms with Gasteiger partial charge in [-0.05, 0) is 37.5 Å². The Morgan fingerprint density at radius 3 is 2.47 bits per heavy atom. The third-order valence-corrected chi connectivity index (χ3v) is 3.74. The molecule has 1 aliphatic carbocycles. The van der Waals surface area contributed by atoms with Crippen LogP contribution in [0, 0.1) is 6.92 Å². The van der Waals surface area contributed by atoms with E-state index in [1.165, 1.54) is 33.7 Å². The van der Waals surface area contributed by atoms with Gasteiger partial charge in [0.05, 0.1) is 0 Å². The Morgan fingerprint density at radius 2 is 1.76 bits per heavy atom. The van der Waals surface area contributed by atoms with Crippen molar-refractivity contribution in [2.45, 2.75) is 20.3 Å². The van der Waals surface area contributed by atoms with Crippen molar-refractivity contribution in [2.75, 3.05) is 0 Å². The Bertz CT molecular complexity index is 600. The van der Waals surface area contributed by atoms with E-state index < -0.39 is 0 Å². The first-order valence-corrected chi connectivity index (χ1v) is 6.09. The van der Waals surface area contributed by atoms with Crippen LogP contribution in [0.2, 0.25) is 0 Å². The minimum atomic E-state index is 1.10. The van der Waals surface area contributed by atoms with Crippen LogP contribution < -0.4 is 0 Å². The second kappa shape index (κ2) is 3.63. The highest BCUT2D eigenvalue weighted by atomic mass is 15.0. The van der Waals surface area contributed by atoms with E-state index in [1.807, 2.05) is 0 Å². The molecule has 0 spiro atoms. The molecule has 0 atom stereocenters.